The number of fused-ring (bicyclic) bond motifs is 2. The quantitative estimate of drug-likeness (QED) is 0.657. The van der Waals surface area contributed by atoms with Crippen LogP contribution in [0.4, 0.5) is 5.00 Å². The van der Waals surface area contributed by atoms with Gasteiger partial charge in [0, 0.05) is 4.88 Å². The molecule has 0 spiro atoms. The van der Waals surface area contributed by atoms with Gasteiger partial charge in [-0.25, -0.2) is 4.98 Å². The second kappa shape index (κ2) is 7.14. The molecular weight excluding hydrogens is 364 g/mol. The molecule has 2 aromatic heterocycles. The molecule has 1 aliphatic rings. The summed E-state index contributed by atoms with van der Waals surface area (Å²) in [5.74, 6) is 0.780. The highest BCUT2D eigenvalue weighted by Crippen LogP contribution is 2.39. The van der Waals surface area contributed by atoms with Crippen LogP contribution in [0.15, 0.2) is 29.4 Å². The maximum Gasteiger partial charge on any atom is 0.235 e. The highest BCUT2D eigenvalue weighted by molar-refractivity contribution is 7.99. The Morgan fingerprint density at radius 1 is 1.50 bits per heavy atom. The number of thiophene rings is 1. The van der Waals surface area contributed by atoms with Crippen LogP contribution in [-0.2, 0) is 17.6 Å². The number of imidazole rings is 1. The lowest BCUT2D eigenvalue weighted by Gasteiger charge is -2.17. The number of H-pyrrole nitrogens is 1. The number of anilines is 1. The molecule has 0 fully saturated rings. The number of aromatic amines is 1. The van der Waals surface area contributed by atoms with E-state index in [-0.39, 0.29) is 11.7 Å². The van der Waals surface area contributed by atoms with E-state index in [4.69, 9.17) is 0 Å². The second-order valence-electron chi connectivity index (χ2n) is 6.56. The second-order valence-corrected chi connectivity index (χ2v) is 8.63. The van der Waals surface area contributed by atoms with Gasteiger partial charge in [-0.2, -0.15) is 5.26 Å². The molecule has 0 saturated heterocycles. The maximum absolute atomic E-state index is 12.4. The van der Waals surface area contributed by atoms with Crippen molar-refractivity contribution in [3.63, 3.8) is 0 Å². The average molecular weight is 383 g/mol. The molecule has 1 aliphatic carbocycles. The minimum absolute atomic E-state index is 0.112. The van der Waals surface area contributed by atoms with Gasteiger partial charge in [-0.05, 0) is 42.9 Å². The number of carbonyl (C=O) groups is 1. The van der Waals surface area contributed by atoms with E-state index >= 15 is 0 Å². The van der Waals surface area contributed by atoms with E-state index in [0.717, 1.165) is 41.0 Å². The van der Waals surface area contributed by atoms with Crippen molar-refractivity contribution in [2.24, 2.45) is 5.92 Å². The predicted octanol–water partition coefficient (Wildman–Crippen LogP) is 4.35. The molecule has 132 valence electrons. The molecule has 0 aliphatic heterocycles. The van der Waals surface area contributed by atoms with Crippen molar-refractivity contribution in [2.45, 2.75) is 31.3 Å². The van der Waals surface area contributed by atoms with E-state index in [1.165, 1.54) is 16.6 Å². The smallest absolute Gasteiger partial charge is 0.235 e. The van der Waals surface area contributed by atoms with Gasteiger partial charge in [0.05, 0.1) is 22.3 Å². The third kappa shape index (κ3) is 3.35. The lowest BCUT2D eigenvalue weighted by atomic mass is 9.89. The number of nitrogens with zero attached hydrogens (tertiary/aromatic N) is 2. The van der Waals surface area contributed by atoms with E-state index in [1.54, 1.807) is 11.3 Å². The molecule has 3 aromatic rings. The number of rotatable bonds is 4. The van der Waals surface area contributed by atoms with Crippen LogP contribution in [0.5, 0.6) is 0 Å². The van der Waals surface area contributed by atoms with Crippen LogP contribution in [0.25, 0.3) is 11.0 Å². The summed E-state index contributed by atoms with van der Waals surface area (Å²) < 4.78 is 0. The Labute approximate surface area is 159 Å². The fourth-order valence-electron chi connectivity index (χ4n) is 3.25. The topological polar surface area (TPSA) is 81.6 Å². The fraction of sp³-hybridized carbons (Fsp3) is 0.316. The van der Waals surface area contributed by atoms with Crippen LogP contribution in [-0.4, -0.2) is 21.6 Å². The highest BCUT2D eigenvalue weighted by Gasteiger charge is 2.24. The van der Waals surface area contributed by atoms with Crippen molar-refractivity contribution in [1.82, 2.24) is 9.97 Å². The Bertz CT molecular complexity index is 981. The molecule has 1 amide bonds. The van der Waals surface area contributed by atoms with Gasteiger partial charge in [0.1, 0.15) is 11.1 Å². The number of carbonyl (C=O) groups excluding carboxylic acids is 1. The van der Waals surface area contributed by atoms with Crippen LogP contribution in [0.1, 0.15) is 29.3 Å². The minimum atomic E-state index is -0.112. The number of para-hydroxylation sites is 2. The summed E-state index contributed by atoms with van der Waals surface area (Å²) in [6, 6.07) is 10.1. The summed E-state index contributed by atoms with van der Waals surface area (Å²) in [5.41, 5.74) is 3.64. The van der Waals surface area contributed by atoms with E-state index in [2.05, 4.69) is 28.3 Å². The standard InChI is InChI=1S/C19H18N4OS2/c1-11-6-7-12-13(9-20)18(26-16(12)8-11)23-17(24)10-25-19-21-14-4-2-3-5-15(14)22-19/h2-5,11H,6-8,10H2,1H3,(H,21,22)(H,23,24). The zero-order chi connectivity index (χ0) is 18.1. The molecule has 26 heavy (non-hydrogen) atoms. The van der Waals surface area contributed by atoms with Crippen LogP contribution in [0.3, 0.4) is 0 Å². The molecule has 2 N–H and O–H groups in total. The lowest BCUT2D eigenvalue weighted by Crippen LogP contribution is -2.14. The summed E-state index contributed by atoms with van der Waals surface area (Å²) in [4.78, 5) is 21.3. The Morgan fingerprint density at radius 2 is 2.35 bits per heavy atom. The molecule has 5 nitrogen and oxygen atoms in total. The zero-order valence-electron chi connectivity index (χ0n) is 14.3. The summed E-state index contributed by atoms with van der Waals surface area (Å²) in [6.07, 6.45) is 3.03. The molecule has 4 rings (SSSR count). The van der Waals surface area contributed by atoms with E-state index in [1.807, 2.05) is 24.3 Å². The van der Waals surface area contributed by atoms with Crippen molar-refractivity contribution < 1.29 is 4.79 Å². The number of benzene rings is 1. The number of hydrogen-bond donors (Lipinski definition) is 2. The van der Waals surface area contributed by atoms with Crippen molar-refractivity contribution in [1.29, 1.82) is 5.26 Å². The van der Waals surface area contributed by atoms with Crippen LogP contribution in [0.2, 0.25) is 0 Å². The van der Waals surface area contributed by atoms with Gasteiger partial charge in [0.15, 0.2) is 5.16 Å². The molecular formula is C19H18N4OS2. The SMILES string of the molecule is CC1CCc2c(sc(NC(=O)CSc3nc4ccccc4[nH]3)c2C#N)C1. The van der Waals surface area contributed by atoms with Gasteiger partial charge in [0.2, 0.25) is 5.91 Å². The molecule has 0 radical (unpaired) electrons. The third-order valence-electron chi connectivity index (χ3n) is 4.58. The molecule has 1 unspecified atom stereocenters. The molecule has 0 saturated carbocycles. The Balaban J connectivity index is 1.44. The number of thioether (sulfide) groups is 1. The largest absolute Gasteiger partial charge is 0.333 e. The molecule has 7 heteroatoms. The number of nitriles is 1. The number of aromatic nitrogens is 2. The number of hydrogen-bond acceptors (Lipinski definition) is 5. The van der Waals surface area contributed by atoms with Crippen molar-refractivity contribution in [3.05, 3.63) is 40.3 Å². The Hall–Kier alpha value is -2.30. The van der Waals surface area contributed by atoms with Gasteiger partial charge in [-0.15, -0.1) is 11.3 Å². The monoisotopic (exact) mass is 382 g/mol. The average Bonchev–Trinajstić information content (AvgIpc) is 3.19. The summed E-state index contributed by atoms with van der Waals surface area (Å²) in [6.45, 7) is 2.23. The molecule has 0 bridgehead atoms. The van der Waals surface area contributed by atoms with Gasteiger partial charge < -0.3 is 10.3 Å². The summed E-state index contributed by atoms with van der Waals surface area (Å²) in [5, 5.41) is 13.9. The van der Waals surface area contributed by atoms with Gasteiger partial charge >= 0.3 is 0 Å². The highest BCUT2D eigenvalue weighted by atomic mass is 32.2. The Morgan fingerprint density at radius 3 is 3.15 bits per heavy atom. The van der Waals surface area contributed by atoms with Crippen molar-refractivity contribution in [3.8, 4) is 6.07 Å². The van der Waals surface area contributed by atoms with Crippen LogP contribution < -0.4 is 5.32 Å². The van der Waals surface area contributed by atoms with Crippen LogP contribution in [0, 0.1) is 17.2 Å². The zero-order valence-corrected chi connectivity index (χ0v) is 16.0. The first-order valence-electron chi connectivity index (χ1n) is 8.56. The number of amides is 1. The third-order valence-corrected chi connectivity index (χ3v) is 6.63. The van der Waals surface area contributed by atoms with Gasteiger partial charge in [0.25, 0.3) is 0 Å². The van der Waals surface area contributed by atoms with E-state index in [0.29, 0.717) is 16.5 Å². The molecule has 1 atom stereocenters. The van der Waals surface area contributed by atoms with Gasteiger partial charge in [-0.3, -0.25) is 4.79 Å². The predicted molar refractivity (Wildman–Crippen MR) is 106 cm³/mol. The van der Waals surface area contributed by atoms with E-state index < -0.39 is 0 Å². The minimum Gasteiger partial charge on any atom is -0.333 e. The first-order valence-corrected chi connectivity index (χ1v) is 10.4. The maximum atomic E-state index is 12.4. The fourth-order valence-corrected chi connectivity index (χ4v) is 5.31. The van der Waals surface area contributed by atoms with Crippen molar-refractivity contribution >= 4 is 45.0 Å². The first kappa shape index (κ1) is 17.1. The molecule has 1 aromatic carbocycles. The summed E-state index contributed by atoms with van der Waals surface area (Å²) in [7, 11) is 0. The van der Waals surface area contributed by atoms with Crippen molar-refractivity contribution in [2.75, 3.05) is 11.1 Å². The first-order chi connectivity index (χ1) is 12.6. The number of nitrogens with one attached hydrogen (secondary N) is 2. The Kier molecular flexibility index (Phi) is 4.70. The lowest BCUT2D eigenvalue weighted by molar-refractivity contribution is -0.113. The summed E-state index contributed by atoms with van der Waals surface area (Å²) >= 11 is 2.92. The molecule has 2 heterocycles. The van der Waals surface area contributed by atoms with Crippen LogP contribution >= 0.6 is 23.1 Å². The van der Waals surface area contributed by atoms with E-state index in [9.17, 15) is 10.1 Å². The van der Waals surface area contributed by atoms with Gasteiger partial charge in [-0.1, -0.05) is 30.8 Å². The normalized spacial score (nSPS) is 16.2.